The number of nitrogens with one attached hydrogen (secondary N) is 1. The maximum Gasteiger partial charge on any atom is 0.123 e. The molecule has 0 aliphatic heterocycles. The van der Waals surface area contributed by atoms with Gasteiger partial charge in [0.1, 0.15) is 5.82 Å². The molecule has 0 atom stereocenters. The Hall–Kier alpha value is -2.66. The van der Waals surface area contributed by atoms with Crippen molar-refractivity contribution in [2.45, 2.75) is 39.4 Å². The van der Waals surface area contributed by atoms with Gasteiger partial charge in [-0.1, -0.05) is 31.2 Å². The van der Waals surface area contributed by atoms with E-state index in [1.165, 1.54) is 11.0 Å². The quantitative estimate of drug-likeness (QED) is 0.491. The van der Waals surface area contributed by atoms with Crippen LogP contribution in [-0.2, 0) is 19.6 Å². The van der Waals surface area contributed by atoms with Crippen LogP contribution in [0.2, 0.25) is 0 Å². The maximum absolute atomic E-state index is 4.80. The van der Waals surface area contributed by atoms with Crippen molar-refractivity contribution in [3.8, 4) is 0 Å². The van der Waals surface area contributed by atoms with Gasteiger partial charge in [0.15, 0.2) is 0 Å². The van der Waals surface area contributed by atoms with Gasteiger partial charge >= 0.3 is 0 Å². The number of nitrogens with zero attached hydrogens (tertiary/aromatic N) is 4. The lowest BCUT2D eigenvalue weighted by Crippen LogP contribution is -2.19. The minimum Gasteiger partial charge on any atom is -0.331 e. The average Bonchev–Trinajstić information content (AvgIpc) is 3.24. The van der Waals surface area contributed by atoms with E-state index in [-0.39, 0.29) is 0 Å². The molecule has 1 N–H and O–H groups in total. The van der Waals surface area contributed by atoms with E-state index in [9.17, 15) is 0 Å². The summed E-state index contributed by atoms with van der Waals surface area (Å²) in [6, 6.07) is 16.7. The van der Waals surface area contributed by atoms with E-state index < -0.39 is 0 Å². The first kappa shape index (κ1) is 16.8. The molecule has 134 valence electrons. The SMILES string of the molecule is CCCn1c(CNCCCn2cnc3ccccc32)nc2ccccc21. The third-order valence-corrected chi connectivity index (χ3v) is 4.74. The second kappa shape index (κ2) is 7.70. The van der Waals surface area contributed by atoms with Crippen molar-refractivity contribution in [1.82, 2.24) is 24.4 Å². The predicted molar refractivity (Wildman–Crippen MR) is 106 cm³/mol. The number of hydrogen-bond acceptors (Lipinski definition) is 3. The Morgan fingerprint density at radius 1 is 0.923 bits per heavy atom. The van der Waals surface area contributed by atoms with Crippen molar-refractivity contribution >= 4 is 22.1 Å². The Morgan fingerprint density at radius 3 is 2.54 bits per heavy atom. The predicted octanol–water partition coefficient (Wildman–Crippen LogP) is 3.98. The fraction of sp³-hybridized carbons (Fsp3) is 0.333. The summed E-state index contributed by atoms with van der Waals surface area (Å²) in [5, 5.41) is 3.55. The number of rotatable bonds is 8. The molecule has 0 fully saturated rings. The zero-order valence-corrected chi connectivity index (χ0v) is 15.2. The number of aromatic nitrogens is 4. The molecule has 0 radical (unpaired) electrons. The first-order chi connectivity index (χ1) is 12.9. The summed E-state index contributed by atoms with van der Waals surface area (Å²) in [7, 11) is 0. The molecule has 0 amide bonds. The highest BCUT2D eigenvalue weighted by Gasteiger charge is 2.09. The highest BCUT2D eigenvalue weighted by atomic mass is 15.1. The van der Waals surface area contributed by atoms with Gasteiger partial charge in [-0.25, -0.2) is 9.97 Å². The molecule has 2 heterocycles. The molecular formula is C21H25N5. The molecule has 5 nitrogen and oxygen atoms in total. The van der Waals surface area contributed by atoms with Crippen LogP contribution < -0.4 is 5.32 Å². The number of aryl methyl sites for hydroxylation is 2. The van der Waals surface area contributed by atoms with Crippen molar-refractivity contribution in [3.05, 3.63) is 60.7 Å². The van der Waals surface area contributed by atoms with Crippen molar-refractivity contribution in [3.63, 3.8) is 0 Å². The summed E-state index contributed by atoms with van der Waals surface area (Å²) < 4.78 is 4.56. The summed E-state index contributed by atoms with van der Waals surface area (Å²) in [5.74, 6) is 1.13. The van der Waals surface area contributed by atoms with Crippen LogP contribution in [0.1, 0.15) is 25.6 Å². The van der Waals surface area contributed by atoms with Crippen LogP contribution in [0.15, 0.2) is 54.9 Å². The summed E-state index contributed by atoms with van der Waals surface area (Å²) in [4.78, 5) is 9.26. The smallest absolute Gasteiger partial charge is 0.123 e. The fourth-order valence-corrected chi connectivity index (χ4v) is 3.50. The highest BCUT2D eigenvalue weighted by Crippen LogP contribution is 2.16. The molecule has 2 aromatic heterocycles. The van der Waals surface area contributed by atoms with Crippen molar-refractivity contribution in [2.75, 3.05) is 6.54 Å². The lowest BCUT2D eigenvalue weighted by atomic mass is 10.3. The Kier molecular flexibility index (Phi) is 4.97. The van der Waals surface area contributed by atoms with Gasteiger partial charge < -0.3 is 14.5 Å². The summed E-state index contributed by atoms with van der Waals surface area (Å²) in [6.07, 6.45) is 4.11. The highest BCUT2D eigenvalue weighted by molar-refractivity contribution is 5.76. The fourth-order valence-electron chi connectivity index (χ4n) is 3.50. The molecule has 26 heavy (non-hydrogen) atoms. The normalized spacial score (nSPS) is 11.6. The van der Waals surface area contributed by atoms with Gasteiger partial charge in [0.2, 0.25) is 0 Å². The maximum atomic E-state index is 4.80. The van der Waals surface area contributed by atoms with Gasteiger partial charge in [-0.2, -0.15) is 0 Å². The largest absolute Gasteiger partial charge is 0.331 e. The molecular weight excluding hydrogens is 322 g/mol. The van der Waals surface area contributed by atoms with Crippen LogP contribution in [0.25, 0.3) is 22.1 Å². The van der Waals surface area contributed by atoms with Crippen molar-refractivity contribution in [1.29, 1.82) is 0 Å². The zero-order valence-electron chi connectivity index (χ0n) is 15.2. The summed E-state index contributed by atoms with van der Waals surface area (Å²) in [6.45, 7) is 5.96. The Labute approximate surface area is 153 Å². The van der Waals surface area contributed by atoms with Crippen LogP contribution in [0.5, 0.6) is 0 Å². The lowest BCUT2D eigenvalue weighted by molar-refractivity contribution is 0.559. The molecule has 0 bridgehead atoms. The molecule has 0 unspecified atom stereocenters. The zero-order chi connectivity index (χ0) is 17.8. The number of imidazole rings is 2. The molecule has 4 rings (SSSR count). The number of hydrogen-bond donors (Lipinski definition) is 1. The number of fused-ring (bicyclic) bond motifs is 2. The second-order valence-corrected chi connectivity index (χ2v) is 6.63. The van der Waals surface area contributed by atoms with Gasteiger partial charge in [0.25, 0.3) is 0 Å². The molecule has 0 aliphatic carbocycles. The first-order valence-corrected chi connectivity index (χ1v) is 9.41. The lowest BCUT2D eigenvalue weighted by Gasteiger charge is -2.09. The van der Waals surface area contributed by atoms with Gasteiger partial charge in [0.05, 0.1) is 34.9 Å². The van der Waals surface area contributed by atoms with Crippen LogP contribution >= 0.6 is 0 Å². The van der Waals surface area contributed by atoms with Crippen LogP contribution in [0.4, 0.5) is 0 Å². The molecule has 0 saturated heterocycles. The monoisotopic (exact) mass is 347 g/mol. The summed E-state index contributed by atoms with van der Waals surface area (Å²) in [5.41, 5.74) is 4.59. The minimum absolute atomic E-state index is 0.805. The van der Waals surface area contributed by atoms with Crippen molar-refractivity contribution < 1.29 is 0 Å². The van der Waals surface area contributed by atoms with Gasteiger partial charge in [-0.05, 0) is 43.7 Å². The molecule has 0 spiro atoms. The van der Waals surface area contributed by atoms with Gasteiger partial charge in [-0.15, -0.1) is 0 Å². The van der Waals surface area contributed by atoms with E-state index in [2.05, 4.69) is 68.8 Å². The molecule has 5 heteroatoms. The standard InChI is InChI=1S/C21H25N5/c1-2-13-26-20-11-6-4-9-18(20)24-21(26)15-22-12-7-14-25-16-23-17-8-3-5-10-19(17)25/h3-6,8-11,16,22H,2,7,12-15H2,1H3. The molecule has 4 aromatic rings. The van der Waals surface area contributed by atoms with Gasteiger partial charge in [-0.3, -0.25) is 0 Å². The van der Waals surface area contributed by atoms with E-state index >= 15 is 0 Å². The van der Waals surface area contributed by atoms with Gasteiger partial charge in [0, 0.05) is 13.1 Å². The molecule has 0 saturated carbocycles. The average molecular weight is 347 g/mol. The van der Waals surface area contributed by atoms with E-state index in [0.717, 1.165) is 55.9 Å². The Bertz CT molecular complexity index is 998. The van der Waals surface area contributed by atoms with E-state index in [1.54, 1.807) is 0 Å². The minimum atomic E-state index is 0.805. The van der Waals surface area contributed by atoms with Crippen LogP contribution in [-0.4, -0.2) is 25.6 Å². The van der Waals surface area contributed by atoms with Crippen molar-refractivity contribution in [2.24, 2.45) is 0 Å². The third kappa shape index (κ3) is 3.35. The van der Waals surface area contributed by atoms with Crippen LogP contribution in [0.3, 0.4) is 0 Å². The molecule has 0 aliphatic rings. The molecule has 2 aromatic carbocycles. The van der Waals surface area contributed by atoms with Crippen LogP contribution in [0, 0.1) is 0 Å². The topological polar surface area (TPSA) is 47.7 Å². The number of benzene rings is 2. The Morgan fingerprint density at radius 2 is 1.69 bits per heavy atom. The van der Waals surface area contributed by atoms with E-state index in [4.69, 9.17) is 4.98 Å². The number of para-hydroxylation sites is 4. The Balaban J connectivity index is 1.35. The van der Waals surface area contributed by atoms with E-state index in [0.29, 0.717) is 0 Å². The second-order valence-electron chi connectivity index (χ2n) is 6.63. The first-order valence-electron chi connectivity index (χ1n) is 9.41. The third-order valence-electron chi connectivity index (χ3n) is 4.74. The van der Waals surface area contributed by atoms with E-state index in [1.807, 2.05) is 12.4 Å². The summed E-state index contributed by atoms with van der Waals surface area (Å²) >= 11 is 0.